The van der Waals surface area contributed by atoms with Gasteiger partial charge in [0, 0.05) is 16.2 Å². The highest BCUT2D eigenvalue weighted by Gasteiger charge is 2.43. The zero-order chi connectivity index (χ0) is 24.4. The number of benzene rings is 2. The molecule has 1 N–H and O–H groups in total. The third kappa shape index (κ3) is 5.56. The van der Waals surface area contributed by atoms with E-state index < -0.39 is 5.82 Å². The number of amides is 1. The topological polar surface area (TPSA) is 69.0 Å². The Hall–Kier alpha value is -2.39. The van der Waals surface area contributed by atoms with Crippen LogP contribution in [0.5, 0.6) is 5.75 Å². The predicted octanol–water partition coefficient (Wildman–Crippen LogP) is 6.49. The third-order valence-electron chi connectivity index (χ3n) is 7.21. The van der Waals surface area contributed by atoms with E-state index in [0.29, 0.717) is 16.9 Å². The van der Waals surface area contributed by atoms with Crippen LogP contribution in [0.1, 0.15) is 44.5 Å². The molecule has 2 aliphatic rings. The van der Waals surface area contributed by atoms with Crippen molar-refractivity contribution in [3.8, 4) is 5.75 Å². The number of nitrogens with one attached hydrogen (secondary N) is 1. The van der Waals surface area contributed by atoms with Crippen molar-refractivity contribution in [2.45, 2.75) is 50.4 Å². The van der Waals surface area contributed by atoms with E-state index in [0.717, 1.165) is 22.0 Å². The molecular formula is C26H28BrFN4O2S. The number of anilines is 1. The first-order chi connectivity index (χ1) is 17.0. The minimum Gasteiger partial charge on any atom is -0.483 e. The van der Waals surface area contributed by atoms with Crippen LogP contribution < -0.4 is 10.1 Å². The first-order valence-electron chi connectivity index (χ1n) is 12.0. The number of halogens is 2. The molecule has 1 amide bonds. The molecular weight excluding hydrogens is 531 g/mol. The average Bonchev–Trinajstić information content (AvgIpc) is 3.59. The van der Waals surface area contributed by atoms with Gasteiger partial charge in [0.2, 0.25) is 5.91 Å². The molecule has 0 radical (unpaired) electrons. The molecule has 1 aromatic heterocycles. The Morgan fingerprint density at radius 3 is 2.71 bits per heavy atom. The summed E-state index contributed by atoms with van der Waals surface area (Å²) in [5.41, 5.74) is 0.745. The largest absolute Gasteiger partial charge is 0.483 e. The molecule has 0 unspecified atom stereocenters. The highest BCUT2D eigenvalue weighted by molar-refractivity contribution is 9.10. The minimum absolute atomic E-state index is 0.108. The first kappa shape index (κ1) is 24.3. The number of carbonyl (C=O) groups excluding carboxylic acids is 1. The summed E-state index contributed by atoms with van der Waals surface area (Å²) in [6.45, 7) is 2.33. The first-order valence-corrected chi connectivity index (χ1v) is 13.7. The molecule has 6 nitrogen and oxygen atoms in total. The molecule has 2 fully saturated rings. The minimum atomic E-state index is -0.404. The summed E-state index contributed by atoms with van der Waals surface area (Å²) in [5.74, 6) is 2.63. The monoisotopic (exact) mass is 558 g/mol. The summed E-state index contributed by atoms with van der Waals surface area (Å²) < 4.78 is 22.9. The van der Waals surface area contributed by atoms with Crippen LogP contribution in [0, 0.1) is 23.6 Å². The zero-order valence-electron chi connectivity index (χ0n) is 19.5. The molecule has 9 heteroatoms. The maximum atomic E-state index is 14.1. The van der Waals surface area contributed by atoms with Crippen molar-refractivity contribution < 1.29 is 13.9 Å². The van der Waals surface area contributed by atoms with E-state index in [1.54, 1.807) is 18.2 Å². The van der Waals surface area contributed by atoms with Gasteiger partial charge >= 0.3 is 0 Å². The van der Waals surface area contributed by atoms with Crippen molar-refractivity contribution in [1.29, 1.82) is 0 Å². The molecule has 184 valence electrons. The van der Waals surface area contributed by atoms with Crippen LogP contribution in [0.15, 0.2) is 58.2 Å². The fourth-order valence-corrected chi connectivity index (χ4v) is 6.66. The maximum Gasteiger partial charge on any atom is 0.234 e. The van der Waals surface area contributed by atoms with Crippen LogP contribution in [-0.2, 0) is 11.4 Å². The lowest BCUT2D eigenvalue weighted by molar-refractivity contribution is -0.113. The Bertz CT molecular complexity index is 1190. The van der Waals surface area contributed by atoms with Gasteiger partial charge in [-0.15, -0.1) is 10.2 Å². The van der Waals surface area contributed by atoms with Gasteiger partial charge in [-0.05, 0) is 80.3 Å². The second-order valence-corrected chi connectivity index (χ2v) is 11.3. The SMILES string of the molecule is C[C@@H]([C@H]1C[C@@H]2CC[C@@H]1C2)n1c(COc2ccccc2F)nnc1SCC(=O)Nc1ccc(Br)cc1. The normalized spacial score (nSPS) is 21.7. The number of hydrogen-bond donors (Lipinski definition) is 1. The fourth-order valence-electron chi connectivity index (χ4n) is 5.55. The van der Waals surface area contributed by atoms with E-state index in [1.807, 2.05) is 24.3 Å². The molecule has 2 bridgehead atoms. The lowest BCUT2D eigenvalue weighted by Crippen LogP contribution is -2.25. The summed E-state index contributed by atoms with van der Waals surface area (Å²) in [7, 11) is 0. The van der Waals surface area contributed by atoms with Crippen molar-refractivity contribution in [1.82, 2.24) is 14.8 Å². The van der Waals surface area contributed by atoms with Crippen molar-refractivity contribution in [2.75, 3.05) is 11.1 Å². The Balaban J connectivity index is 1.31. The van der Waals surface area contributed by atoms with E-state index in [-0.39, 0.29) is 30.1 Å². The number of thioether (sulfide) groups is 1. The highest BCUT2D eigenvalue weighted by Crippen LogP contribution is 2.52. The summed E-state index contributed by atoms with van der Waals surface area (Å²) in [4.78, 5) is 12.6. The van der Waals surface area contributed by atoms with Crippen LogP contribution in [0.25, 0.3) is 0 Å². The van der Waals surface area contributed by atoms with Crippen LogP contribution >= 0.6 is 27.7 Å². The average molecular weight is 560 g/mol. The molecule has 5 rings (SSSR count). The summed E-state index contributed by atoms with van der Waals surface area (Å²) in [5, 5.41) is 12.4. The van der Waals surface area contributed by atoms with Gasteiger partial charge in [0.1, 0.15) is 6.61 Å². The second kappa shape index (κ2) is 10.7. The number of carbonyl (C=O) groups is 1. The Kier molecular flexibility index (Phi) is 7.43. The highest BCUT2D eigenvalue weighted by atomic mass is 79.9. The lowest BCUT2D eigenvalue weighted by atomic mass is 9.84. The predicted molar refractivity (Wildman–Crippen MR) is 138 cm³/mol. The Labute approximate surface area is 217 Å². The molecule has 35 heavy (non-hydrogen) atoms. The van der Waals surface area contributed by atoms with Gasteiger partial charge in [-0.1, -0.05) is 46.2 Å². The number of ether oxygens (including phenoxy) is 1. The second-order valence-electron chi connectivity index (χ2n) is 9.41. The molecule has 1 heterocycles. The van der Waals surface area contributed by atoms with Gasteiger partial charge < -0.3 is 10.1 Å². The summed E-state index contributed by atoms with van der Waals surface area (Å²) >= 11 is 4.77. The van der Waals surface area contributed by atoms with E-state index in [4.69, 9.17) is 4.74 Å². The third-order valence-corrected chi connectivity index (χ3v) is 8.68. The summed E-state index contributed by atoms with van der Waals surface area (Å²) in [6.07, 6.45) is 5.13. The molecule has 2 aromatic carbocycles. The number of para-hydroxylation sites is 1. The number of rotatable bonds is 9. The smallest absolute Gasteiger partial charge is 0.234 e. The number of nitrogens with zero attached hydrogens (tertiary/aromatic N) is 3. The maximum absolute atomic E-state index is 14.1. The molecule has 2 aliphatic carbocycles. The molecule has 0 aliphatic heterocycles. The number of fused-ring (bicyclic) bond motifs is 2. The quantitative estimate of drug-likeness (QED) is 0.304. The standard InChI is InChI=1S/C26H28BrFN4O2S/c1-16(21-13-17-6-7-18(21)12-17)32-24(14-34-23-5-3-2-4-22(23)28)30-31-26(32)35-15-25(33)29-20-10-8-19(27)9-11-20/h2-5,8-11,16-18,21H,6-7,12-15H2,1H3,(H,29,33)/t16-,17+,18+,21+/m0/s1. The molecule has 3 aromatic rings. The van der Waals surface area contributed by atoms with Gasteiger partial charge in [-0.3, -0.25) is 9.36 Å². The Morgan fingerprint density at radius 1 is 1.20 bits per heavy atom. The van der Waals surface area contributed by atoms with Gasteiger partial charge in [0.25, 0.3) is 0 Å². The van der Waals surface area contributed by atoms with Crippen molar-refractivity contribution in [2.24, 2.45) is 17.8 Å². The van der Waals surface area contributed by atoms with Crippen molar-refractivity contribution in [3.05, 3.63) is 64.6 Å². The Morgan fingerprint density at radius 2 is 2.00 bits per heavy atom. The van der Waals surface area contributed by atoms with E-state index in [2.05, 4.69) is 42.9 Å². The molecule has 2 saturated carbocycles. The number of hydrogen-bond acceptors (Lipinski definition) is 5. The summed E-state index contributed by atoms with van der Waals surface area (Å²) in [6, 6.07) is 14.0. The van der Waals surface area contributed by atoms with Gasteiger partial charge in [-0.25, -0.2) is 4.39 Å². The van der Waals surface area contributed by atoms with Crippen molar-refractivity contribution >= 4 is 39.3 Å². The van der Waals surface area contributed by atoms with Crippen LogP contribution in [0.3, 0.4) is 0 Å². The van der Waals surface area contributed by atoms with Crippen LogP contribution in [-0.4, -0.2) is 26.4 Å². The van der Waals surface area contributed by atoms with E-state index >= 15 is 0 Å². The number of aromatic nitrogens is 3. The molecule has 0 spiro atoms. The van der Waals surface area contributed by atoms with Gasteiger partial charge in [0.15, 0.2) is 22.5 Å². The lowest BCUT2D eigenvalue weighted by Gasteiger charge is -2.30. The van der Waals surface area contributed by atoms with E-state index in [9.17, 15) is 9.18 Å². The van der Waals surface area contributed by atoms with Crippen molar-refractivity contribution in [3.63, 3.8) is 0 Å². The molecule has 0 saturated heterocycles. The zero-order valence-corrected chi connectivity index (χ0v) is 21.9. The molecule has 4 atom stereocenters. The van der Waals surface area contributed by atoms with Gasteiger partial charge in [-0.2, -0.15) is 0 Å². The van der Waals surface area contributed by atoms with E-state index in [1.165, 1.54) is 43.5 Å². The van der Waals surface area contributed by atoms with Gasteiger partial charge in [0.05, 0.1) is 5.75 Å². The van der Waals surface area contributed by atoms with Crippen LogP contribution in [0.2, 0.25) is 0 Å². The fraction of sp³-hybridized carbons (Fsp3) is 0.423. The van der Waals surface area contributed by atoms with Crippen LogP contribution in [0.4, 0.5) is 10.1 Å².